The van der Waals surface area contributed by atoms with Crippen molar-refractivity contribution in [2.75, 3.05) is 6.54 Å². The molecule has 18 heavy (non-hydrogen) atoms. The van der Waals surface area contributed by atoms with Crippen LogP contribution in [0.1, 0.15) is 25.3 Å². The summed E-state index contributed by atoms with van der Waals surface area (Å²) in [6.45, 7) is 2.84. The molecule has 1 aromatic rings. The molecule has 3 atom stereocenters. The Morgan fingerprint density at radius 2 is 2.00 bits per heavy atom. The van der Waals surface area contributed by atoms with Crippen LogP contribution in [0.3, 0.4) is 0 Å². The molecule has 1 aromatic carbocycles. The van der Waals surface area contributed by atoms with Gasteiger partial charge in [0.2, 0.25) is 0 Å². The van der Waals surface area contributed by atoms with Crippen LogP contribution in [-0.2, 0) is 6.42 Å². The van der Waals surface area contributed by atoms with Gasteiger partial charge in [0, 0.05) is 12.1 Å². The van der Waals surface area contributed by atoms with Crippen molar-refractivity contribution in [3.63, 3.8) is 0 Å². The highest BCUT2D eigenvalue weighted by molar-refractivity contribution is 5.18. The highest BCUT2D eigenvalue weighted by Gasteiger charge is 2.27. The highest BCUT2D eigenvalue weighted by atomic mass is 19.1. The van der Waals surface area contributed by atoms with Gasteiger partial charge < -0.3 is 10.4 Å². The van der Waals surface area contributed by atoms with E-state index in [1.807, 2.05) is 6.92 Å². The van der Waals surface area contributed by atoms with E-state index in [1.165, 1.54) is 12.1 Å². The Balaban J connectivity index is 1.99. The molecule has 1 aliphatic rings. The molecule has 0 bridgehead atoms. The maximum atomic E-state index is 13.1. The number of halogens is 2. The molecule has 2 N–H and O–H groups in total. The zero-order valence-electron chi connectivity index (χ0n) is 10.5. The summed E-state index contributed by atoms with van der Waals surface area (Å²) in [5, 5.41) is 13.4. The standard InChI is InChI=1S/C14H19F2NO/c1-9(14(18)13-3-2-4-17-13)5-10-6-11(15)8-12(16)7-10/h6-9,13-14,17-18H,2-5H2,1H3. The average Bonchev–Trinajstić information content (AvgIpc) is 2.79. The Kier molecular flexibility index (Phi) is 4.30. The average molecular weight is 255 g/mol. The molecular weight excluding hydrogens is 236 g/mol. The fourth-order valence-electron chi connectivity index (χ4n) is 2.62. The predicted molar refractivity (Wildman–Crippen MR) is 66.3 cm³/mol. The number of nitrogens with one attached hydrogen (secondary N) is 1. The molecule has 0 aliphatic carbocycles. The second-order valence-electron chi connectivity index (χ2n) is 5.15. The summed E-state index contributed by atoms with van der Waals surface area (Å²) in [5.41, 5.74) is 0.594. The highest BCUT2D eigenvalue weighted by Crippen LogP contribution is 2.20. The SMILES string of the molecule is CC(Cc1cc(F)cc(F)c1)C(O)C1CCCN1. The molecule has 0 spiro atoms. The lowest BCUT2D eigenvalue weighted by molar-refractivity contribution is 0.0827. The fourth-order valence-corrected chi connectivity index (χ4v) is 2.62. The van der Waals surface area contributed by atoms with Crippen molar-refractivity contribution in [2.45, 2.75) is 38.3 Å². The number of hydrogen-bond donors (Lipinski definition) is 2. The van der Waals surface area contributed by atoms with E-state index in [9.17, 15) is 13.9 Å². The molecule has 0 aromatic heterocycles. The molecular formula is C14H19F2NO. The van der Waals surface area contributed by atoms with Crippen molar-refractivity contribution in [3.05, 3.63) is 35.4 Å². The summed E-state index contributed by atoms with van der Waals surface area (Å²) in [6.07, 6.45) is 2.04. The van der Waals surface area contributed by atoms with Gasteiger partial charge >= 0.3 is 0 Å². The monoisotopic (exact) mass is 255 g/mol. The summed E-state index contributed by atoms with van der Waals surface area (Å²) < 4.78 is 26.1. The van der Waals surface area contributed by atoms with Crippen LogP contribution in [0.15, 0.2) is 18.2 Å². The Morgan fingerprint density at radius 1 is 1.33 bits per heavy atom. The van der Waals surface area contributed by atoms with Crippen molar-refractivity contribution in [1.29, 1.82) is 0 Å². The Morgan fingerprint density at radius 3 is 2.56 bits per heavy atom. The minimum atomic E-state index is -0.564. The zero-order valence-corrected chi connectivity index (χ0v) is 10.5. The topological polar surface area (TPSA) is 32.3 Å². The van der Waals surface area contributed by atoms with Gasteiger partial charge in [-0.25, -0.2) is 8.78 Å². The minimum absolute atomic E-state index is 0.0261. The number of benzene rings is 1. The largest absolute Gasteiger partial charge is 0.391 e. The van der Waals surface area contributed by atoms with Crippen LogP contribution in [0.2, 0.25) is 0 Å². The lowest BCUT2D eigenvalue weighted by Gasteiger charge is -2.24. The van der Waals surface area contributed by atoms with Gasteiger partial charge in [0.25, 0.3) is 0 Å². The Labute approximate surface area is 106 Å². The van der Waals surface area contributed by atoms with Gasteiger partial charge in [0.05, 0.1) is 6.10 Å². The third kappa shape index (κ3) is 3.27. The van der Waals surface area contributed by atoms with Gasteiger partial charge in [-0.1, -0.05) is 6.92 Å². The number of aliphatic hydroxyl groups excluding tert-OH is 1. The van der Waals surface area contributed by atoms with Crippen LogP contribution in [0, 0.1) is 17.6 Å². The fraction of sp³-hybridized carbons (Fsp3) is 0.571. The molecule has 1 fully saturated rings. The van der Waals surface area contributed by atoms with E-state index in [2.05, 4.69) is 5.32 Å². The van der Waals surface area contributed by atoms with Crippen LogP contribution in [0.5, 0.6) is 0 Å². The van der Waals surface area contributed by atoms with Crippen molar-refractivity contribution in [3.8, 4) is 0 Å². The molecule has 0 saturated carbocycles. The van der Waals surface area contributed by atoms with Crippen LogP contribution >= 0.6 is 0 Å². The molecule has 0 amide bonds. The summed E-state index contributed by atoms with van der Waals surface area (Å²) in [6, 6.07) is 3.63. The first-order valence-corrected chi connectivity index (χ1v) is 6.42. The van der Waals surface area contributed by atoms with Crippen LogP contribution < -0.4 is 5.32 Å². The number of rotatable bonds is 4. The lowest BCUT2D eigenvalue weighted by Crippen LogP contribution is -2.39. The Bertz CT molecular complexity index is 385. The van der Waals surface area contributed by atoms with E-state index in [4.69, 9.17) is 0 Å². The van der Waals surface area contributed by atoms with Crippen molar-refractivity contribution >= 4 is 0 Å². The zero-order chi connectivity index (χ0) is 13.1. The smallest absolute Gasteiger partial charge is 0.126 e. The Hall–Kier alpha value is -1.00. The molecule has 2 nitrogen and oxygen atoms in total. The maximum Gasteiger partial charge on any atom is 0.126 e. The van der Waals surface area contributed by atoms with Gasteiger partial charge in [-0.3, -0.25) is 0 Å². The van der Waals surface area contributed by atoms with E-state index in [0.29, 0.717) is 12.0 Å². The van der Waals surface area contributed by atoms with Gasteiger partial charge in [-0.2, -0.15) is 0 Å². The second-order valence-corrected chi connectivity index (χ2v) is 5.15. The maximum absolute atomic E-state index is 13.1. The third-order valence-corrected chi connectivity index (χ3v) is 3.57. The van der Waals surface area contributed by atoms with Gasteiger partial charge in [0.15, 0.2) is 0 Å². The molecule has 4 heteroatoms. The van der Waals surface area contributed by atoms with Crippen molar-refractivity contribution in [2.24, 2.45) is 5.92 Å². The first-order valence-electron chi connectivity index (χ1n) is 6.42. The van der Waals surface area contributed by atoms with E-state index in [0.717, 1.165) is 25.5 Å². The molecule has 1 saturated heterocycles. The minimum Gasteiger partial charge on any atom is -0.391 e. The quantitative estimate of drug-likeness (QED) is 0.865. The summed E-state index contributed by atoms with van der Waals surface area (Å²) >= 11 is 0. The number of aliphatic hydroxyl groups is 1. The number of hydrogen-bond acceptors (Lipinski definition) is 2. The van der Waals surface area contributed by atoms with Gasteiger partial charge in [-0.05, 0) is 49.4 Å². The van der Waals surface area contributed by atoms with Crippen LogP contribution in [-0.4, -0.2) is 23.8 Å². The summed E-state index contributed by atoms with van der Waals surface area (Å²) in [7, 11) is 0. The molecule has 1 aliphatic heterocycles. The summed E-state index contributed by atoms with van der Waals surface area (Å²) in [4.78, 5) is 0. The molecule has 3 unspecified atom stereocenters. The van der Waals surface area contributed by atoms with E-state index >= 15 is 0 Å². The molecule has 100 valence electrons. The predicted octanol–water partition coefficient (Wildman–Crippen LogP) is 2.26. The van der Waals surface area contributed by atoms with Crippen molar-refractivity contribution < 1.29 is 13.9 Å². The van der Waals surface area contributed by atoms with E-state index in [1.54, 1.807) is 0 Å². The third-order valence-electron chi connectivity index (χ3n) is 3.57. The second kappa shape index (κ2) is 5.76. The first-order chi connectivity index (χ1) is 8.56. The van der Waals surface area contributed by atoms with Crippen molar-refractivity contribution in [1.82, 2.24) is 5.32 Å². The molecule has 1 heterocycles. The van der Waals surface area contributed by atoms with E-state index in [-0.39, 0.29) is 12.0 Å². The van der Waals surface area contributed by atoms with Gasteiger partial charge in [-0.15, -0.1) is 0 Å². The normalized spacial score (nSPS) is 23.0. The van der Waals surface area contributed by atoms with Crippen LogP contribution in [0.25, 0.3) is 0 Å². The van der Waals surface area contributed by atoms with Crippen LogP contribution in [0.4, 0.5) is 8.78 Å². The van der Waals surface area contributed by atoms with Gasteiger partial charge in [0.1, 0.15) is 11.6 Å². The summed E-state index contributed by atoms with van der Waals surface area (Å²) in [5.74, 6) is -1.15. The molecule has 0 radical (unpaired) electrons. The molecule has 2 rings (SSSR count). The van der Waals surface area contributed by atoms with E-state index < -0.39 is 17.7 Å². The lowest BCUT2D eigenvalue weighted by atomic mass is 9.91. The first kappa shape index (κ1) is 13.4.